The molecule has 0 saturated heterocycles. The van der Waals surface area contributed by atoms with Gasteiger partial charge in [-0.2, -0.15) is 0 Å². The minimum Gasteiger partial charge on any atom is -0.490 e. The predicted molar refractivity (Wildman–Crippen MR) is 165 cm³/mol. The third-order valence-corrected chi connectivity index (χ3v) is 11.2. The lowest BCUT2D eigenvalue weighted by Crippen LogP contribution is -2.49. The van der Waals surface area contributed by atoms with Crippen LogP contribution in [0.15, 0.2) is 29.3 Å². The number of amides is 1. The molecule has 1 aliphatic heterocycles. The van der Waals surface area contributed by atoms with E-state index in [2.05, 4.69) is 54.8 Å². The molecule has 10 nitrogen and oxygen atoms in total. The van der Waals surface area contributed by atoms with Crippen molar-refractivity contribution < 1.29 is 28.2 Å². The fourth-order valence-corrected chi connectivity index (χ4v) is 4.83. The fraction of sp³-hybridized carbons (Fsp3) is 0.700. The van der Waals surface area contributed by atoms with Gasteiger partial charge < -0.3 is 34.6 Å². The lowest BCUT2D eigenvalue weighted by molar-refractivity contribution is -0.165. The van der Waals surface area contributed by atoms with E-state index >= 15 is 0 Å². The number of carbonyl (C=O) groups excluding carboxylic acids is 2. The first-order valence-electron chi connectivity index (χ1n) is 14.4. The summed E-state index contributed by atoms with van der Waals surface area (Å²) in [5, 5.41) is 9.17. The summed E-state index contributed by atoms with van der Waals surface area (Å²) in [4.78, 5) is 29.3. The summed E-state index contributed by atoms with van der Waals surface area (Å²) < 4.78 is 23.3. The Kier molecular flexibility index (Phi) is 11.7. The maximum Gasteiger partial charge on any atom is 0.407 e. The zero-order chi connectivity index (χ0) is 31.1. The SMILES string of the molecule is CC(C)(C)OC(=O)NCCNC1=NCC(c2ccc(OCC(O[Si](C)(C)C(C)(C)C)C(=O)OC(C)(C)C)cc2)CN1. The molecule has 0 fully saturated rings. The second-order valence-corrected chi connectivity index (χ2v) is 18.7. The molecule has 2 atom stereocenters. The Morgan fingerprint density at radius 3 is 2.10 bits per heavy atom. The van der Waals surface area contributed by atoms with Crippen LogP contribution in [0.4, 0.5) is 4.79 Å². The van der Waals surface area contributed by atoms with Crippen LogP contribution in [-0.4, -0.2) is 76.4 Å². The number of hydrogen-bond donors (Lipinski definition) is 3. The summed E-state index contributed by atoms with van der Waals surface area (Å²) in [6.07, 6.45) is -1.24. The lowest BCUT2D eigenvalue weighted by atomic mass is 9.98. The van der Waals surface area contributed by atoms with Crippen LogP contribution in [0.25, 0.3) is 0 Å². The molecule has 41 heavy (non-hydrogen) atoms. The predicted octanol–water partition coefficient (Wildman–Crippen LogP) is 4.95. The van der Waals surface area contributed by atoms with Crippen molar-refractivity contribution in [1.29, 1.82) is 0 Å². The van der Waals surface area contributed by atoms with Crippen LogP contribution in [0.5, 0.6) is 5.75 Å². The molecule has 2 rings (SSSR count). The van der Waals surface area contributed by atoms with Crippen LogP contribution in [-0.2, 0) is 18.7 Å². The summed E-state index contributed by atoms with van der Waals surface area (Å²) in [5.74, 6) is 1.18. The molecule has 0 aliphatic carbocycles. The van der Waals surface area contributed by atoms with Crippen molar-refractivity contribution in [3.8, 4) is 5.75 Å². The zero-order valence-electron chi connectivity index (χ0n) is 26.9. The molecule has 232 valence electrons. The summed E-state index contributed by atoms with van der Waals surface area (Å²) in [7, 11) is -2.24. The number of ether oxygens (including phenoxy) is 3. The largest absolute Gasteiger partial charge is 0.490 e. The molecule has 2 unspecified atom stereocenters. The van der Waals surface area contributed by atoms with Gasteiger partial charge >= 0.3 is 12.1 Å². The van der Waals surface area contributed by atoms with Crippen LogP contribution < -0.4 is 20.7 Å². The molecule has 1 heterocycles. The van der Waals surface area contributed by atoms with Crippen molar-refractivity contribution in [2.45, 2.75) is 104 Å². The molecule has 1 amide bonds. The Labute approximate surface area is 247 Å². The number of aliphatic imine (C=N–C) groups is 1. The van der Waals surface area contributed by atoms with Gasteiger partial charge in [-0.05, 0) is 77.4 Å². The average molecular weight is 593 g/mol. The standard InChI is InChI=1S/C30H52N4O6Si/c1-28(2,3)38-25(35)24(40-41(10,11)30(7,8)9)20-37-23-14-12-21(13-15-23)22-18-33-26(34-19-22)31-16-17-32-27(36)39-29(4,5)6/h12-15,22,24H,16-20H2,1-11H3,(H,32,36)(H2,31,33,34). The quantitative estimate of drug-likeness (QED) is 0.198. The highest BCUT2D eigenvalue weighted by Crippen LogP contribution is 2.37. The van der Waals surface area contributed by atoms with Crippen LogP contribution >= 0.6 is 0 Å². The molecule has 1 aromatic rings. The molecular weight excluding hydrogens is 540 g/mol. The van der Waals surface area contributed by atoms with E-state index in [0.29, 0.717) is 31.3 Å². The average Bonchev–Trinajstić information content (AvgIpc) is 2.82. The number of benzene rings is 1. The lowest BCUT2D eigenvalue weighted by Gasteiger charge is -2.39. The van der Waals surface area contributed by atoms with E-state index < -0.39 is 37.7 Å². The highest BCUT2D eigenvalue weighted by atomic mass is 28.4. The van der Waals surface area contributed by atoms with Crippen LogP contribution in [0.3, 0.4) is 0 Å². The van der Waals surface area contributed by atoms with Gasteiger partial charge in [0.2, 0.25) is 0 Å². The highest BCUT2D eigenvalue weighted by Gasteiger charge is 2.42. The summed E-state index contributed by atoms with van der Waals surface area (Å²) in [6.45, 7) is 24.1. The number of esters is 1. The van der Waals surface area contributed by atoms with E-state index in [1.54, 1.807) is 0 Å². The van der Waals surface area contributed by atoms with Crippen molar-refractivity contribution in [3.63, 3.8) is 0 Å². The Morgan fingerprint density at radius 1 is 0.976 bits per heavy atom. The van der Waals surface area contributed by atoms with Crippen molar-refractivity contribution in [2.75, 3.05) is 32.8 Å². The second-order valence-electron chi connectivity index (χ2n) is 13.9. The molecule has 0 aromatic heterocycles. The van der Waals surface area contributed by atoms with Crippen LogP contribution in [0.1, 0.15) is 73.8 Å². The monoisotopic (exact) mass is 592 g/mol. The first-order chi connectivity index (χ1) is 18.8. The van der Waals surface area contributed by atoms with Gasteiger partial charge in [0.25, 0.3) is 0 Å². The van der Waals surface area contributed by atoms with E-state index in [4.69, 9.17) is 18.6 Å². The summed E-state index contributed by atoms with van der Waals surface area (Å²) in [6, 6.07) is 7.87. The zero-order valence-corrected chi connectivity index (χ0v) is 27.9. The third-order valence-electron chi connectivity index (χ3n) is 6.74. The van der Waals surface area contributed by atoms with E-state index in [0.717, 1.165) is 12.1 Å². The van der Waals surface area contributed by atoms with Crippen LogP contribution in [0, 0.1) is 0 Å². The van der Waals surface area contributed by atoms with Gasteiger partial charge in [-0.1, -0.05) is 32.9 Å². The van der Waals surface area contributed by atoms with Gasteiger partial charge in [0.05, 0.1) is 6.54 Å². The Balaban J connectivity index is 1.89. The van der Waals surface area contributed by atoms with Crippen molar-refractivity contribution >= 4 is 26.3 Å². The van der Waals surface area contributed by atoms with Crippen molar-refractivity contribution in [3.05, 3.63) is 29.8 Å². The first kappa shape index (κ1) is 34.4. The van der Waals surface area contributed by atoms with Crippen molar-refractivity contribution in [2.24, 2.45) is 4.99 Å². The number of rotatable bonds is 10. The van der Waals surface area contributed by atoms with Gasteiger partial charge in [0.15, 0.2) is 20.4 Å². The summed E-state index contributed by atoms with van der Waals surface area (Å²) >= 11 is 0. The molecule has 11 heteroatoms. The van der Waals surface area contributed by atoms with E-state index in [9.17, 15) is 9.59 Å². The minimum absolute atomic E-state index is 0.0578. The molecule has 3 N–H and O–H groups in total. The second kappa shape index (κ2) is 13.9. The summed E-state index contributed by atoms with van der Waals surface area (Å²) in [5.41, 5.74) is 0.00450. The Bertz CT molecular complexity index is 1040. The van der Waals surface area contributed by atoms with E-state index in [-0.39, 0.29) is 17.6 Å². The maximum atomic E-state index is 13.0. The molecule has 0 bridgehead atoms. The van der Waals surface area contributed by atoms with Gasteiger partial charge in [-0.25, -0.2) is 9.59 Å². The molecule has 0 spiro atoms. The molecule has 1 aliphatic rings. The van der Waals surface area contributed by atoms with E-state index in [1.165, 1.54) is 0 Å². The third kappa shape index (κ3) is 12.3. The number of hydrogen-bond acceptors (Lipinski definition) is 9. The van der Waals surface area contributed by atoms with Crippen molar-refractivity contribution in [1.82, 2.24) is 16.0 Å². The van der Waals surface area contributed by atoms with Gasteiger partial charge in [0, 0.05) is 25.6 Å². The minimum atomic E-state index is -2.24. The Morgan fingerprint density at radius 2 is 1.59 bits per heavy atom. The number of nitrogens with zero attached hydrogens (tertiary/aromatic N) is 1. The molecule has 0 saturated carbocycles. The molecular formula is C30H52N4O6Si. The first-order valence-corrected chi connectivity index (χ1v) is 17.3. The van der Waals surface area contributed by atoms with Gasteiger partial charge in [-0.15, -0.1) is 0 Å². The highest BCUT2D eigenvalue weighted by molar-refractivity contribution is 6.74. The number of nitrogens with one attached hydrogen (secondary N) is 3. The maximum absolute atomic E-state index is 13.0. The number of guanidine groups is 1. The smallest absolute Gasteiger partial charge is 0.407 e. The van der Waals surface area contributed by atoms with Gasteiger partial charge in [0.1, 0.15) is 23.6 Å². The number of carbonyl (C=O) groups is 2. The molecule has 1 aromatic carbocycles. The Hall–Kier alpha value is -2.79. The normalized spacial score (nSPS) is 17.0. The molecule has 0 radical (unpaired) electrons. The topological polar surface area (TPSA) is 120 Å². The number of alkyl carbamates (subject to hydrolysis) is 1. The fourth-order valence-electron chi connectivity index (χ4n) is 3.60. The van der Waals surface area contributed by atoms with Crippen LogP contribution in [0.2, 0.25) is 18.1 Å². The van der Waals surface area contributed by atoms with E-state index in [1.807, 2.05) is 65.8 Å². The van der Waals surface area contributed by atoms with Gasteiger partial charge in [-0.3, -0.25) is 4.99 Å².